The molecule has 0 spiro atoms. The van der Waals surface area contributed by atoms with Gasteiger partial charge in [-0.3, -0.25) is 15.6 Å². The van der Waals surface area contributed by atoms with Crippen molar-refractivity contribution in [2.75, 3.05) is 12.0 Å². The van der Waals surface area contributed by atoms with Crippen LogP contribution in [0.1, 0.15) is 25.7 Å². The zero-order valence-corrected chi connectivity index (χ0v) is 18.3. The van der Waals surface area contributed by atoms with Gasteiger partial charge in [0.05, 0.1) is 20.6 Å². The van der Waals surface area contributed by atoms with E-state index >= 15 is 0 Å². The van der Waals surface area contributed by atoms with Crippen LogP contribution in [0.15, 0.2) is 47.4 Å². The van der Waals surface area contributed by atoms with Crippen molar-refractivity contribution in [3.63, 3.8) is 0 Å². The average Bonchev–Trinajstić information content (AvgIpc) is 2.74. The number of amides is 1. The van der Waals surface area contributed by atoms with Crippen LogP contribution in [-0.2, 0) is 14.8 Å². The first-order valence-corrected chi connectivity index (χ1v) is 11.7. The monoisotopic (exact) mass is 473 g/mol. The topological polar surface area (TPSA) is 87.3 Å². The highest BCUT2D eigenvalue weighted by molar-refractivity contribution is 7.89. The molecular formula is C20H22Cl2FN3O3S. The Hall–Kier alpha value is -1.87. The SMILES string of the molecule is O=C(NNc1ccc(F)cc1)C1CCC(CNS(=O)(=O)c2ccc(Cl)c(Cl)c2)CC1. The Kier molecular flexibility index (Phi) is 7.57. The average molecular weight is 474 g/mol. The maximum atomic E-state index is 12.9. The predicted molar refractivity (Wildman–Crippen MR) is 115 cm³/mol. The minimum Gasteiger partial charge on any atom is -0.299 e. The largest absolute Gasteiger partial charge is 0.299 e. The van der Waals surface area contributed by atoms with Crippen LogP contribution < -0.4 is 15.6 Å². The van der Waals surface area contributed by atoms with Gasteiger partial charge < -0.3 is 0 Å². The molecule has 2 aromatic carbocycles. The minimum absolute atomic E-state index is 0.0665. The number of nitrogens with one attached hydrogen (secondary N) is 3. The molecule has 0 saturated heterocycles. The lowest BCUT2D eigenvalue weighted by Gasteiger charge is -2.28. The van der Waals surface area contributed by atoms with Gasteiger partial charge in [0, 0.05) is 12.5 Å². The van der Waals surface area contributed by atoms with Gasteiger partial charge in [0.2, 0.25) is 15.9 Å². The van der Waals surface area contributed by atoms with Crippen molar-refractivity contribution in [1.29, 1.82) is 0 Å². The number of hydrogen-bond acceptors (Lipinski definition) is 4. The van der Waals surface area contributed by atoms with Gasteiger partial charge in [-0.2, -0.15) is 0 Å². The minimum atomic E-state index is -3.68. The van der Waals surface area contributed by atoms with E-state index in [0.29, 0.717) is 30.1 Å². The van der Waals surface area contributed by atoms with Crippen molar-refractivity contribution < 1.29 is 17.6 Å². The lowest BCUT2D eigenvalue weighted by Crippen LogP contribution is -2.38. The molecule has 0 bridgehead atoms. The number of carbonyl (C=O) groups excluding carboxylic acids is 1. The van der Waals surface area contributed by atoms with Gasteiger partial charge in [-0.1, -0.05) is 23.2 Å². The first kappa shape index (κ1) is 22.8. The highest BCUT2D eigenvalue weighted by Gasteiger charge is 2.27. The van der Waals surface area contributed by atoms with Gasteiger partial charge in [-0.05, 0) is 74.1 Å². The third-order valence-electron chi connectivity index (χ3n) is 5.16. The number of hydrogen-bond donors (Lipinski definition) is 3. The molecule has 2 aromatic rings. The van der Waals surface area contributed by atoms with E-state index in [9.17, 15) is 17.6 Å². The molecule has 162 valence electrons. The second-order valence-corrected chi connectivity index (χ2v) is 9.85. The van der Waals surface area contributed by atoms with Crippen molar-refractivity contribution in [3.8, 4) is 0 Å². The Morgan fingerprint density at radius 1 is 1.00 bits per heavy atom. The van der Waals surface area contributed by atoms with Crippen LogP contribution in [-0.4, -0.2) is 20.9 Å². The lowest BCUT2D eigenvalue weighted by atomic mass is 9.82. The summed E-state index contributed by atoms with van der Waals surface area (Å²) in [5, 5.41) is 0.474. The summed E-state index contributed by atoms with van der Waals surface area (Å²) in [6.45, 7) is 0.296. The molecule has 1 saturated carbocycles. The summed E-state index contributed by atoms with van der Waals surface area (Å²) < 4.78 is 40.4. The van der Waals surface area contributed by atoms with E-state index in [4.69, 9.17) is 23.2 Å². The fourth-order valence-corrected chi connectivity index (χ4v) is 4.86. The summed E-state index contributed by atoms with van der Waals surface area (Å²) in [5.74, 6) is -0.480. The first-order valence-electron chi connectivity index (χ1n) is 9.51. The normalized spacial score (nSPS) is 19.3. The predicted octanol–water partition coefficient (Wildman–Crippen LogP) is 4.36. The highest BCUT2D eigenvalue weighted by Crippen LogP contribution is 2.29. The van der Waals surface area contributed by atoms with E-state index in [1.807, 2.05) is 0 Å². The maximum absolute atomic E-state index is 12.9. The first-order chi connectivity index (χ1) is 14.2. The standard InChI is InChI=1S/C20H22Cl2FN3O3S/c21-18-10-9-17(11-19(18)22)30(28,29)24-12-13-1-3-14(4-2-13)20(27)26-25-16-7-5-15(23)6-8-16/h5-11,13-14,24-25H,1-4,12H2,(H,26,27). The van der Waals surface area contributed by atoms with Crippen molar-refractivity contribution in [1.82, 2.24) is 10.1 Å². The molecule has 0 unspecified atom stereocenters. The Morgan fingerprint density at radius 2 is 1.67 bits per heavy atom. The van der Waals surface area contributed by atoms with Crippen LogP contribution in [0.5, 0.6) is 0 Å². The molecule has 0 aliphatic heterocycles. The van der Waals surface area contributed by atoms with Crippen LogP contribution in [0, 0.1) is 17.7 Å². The summed E-state index contributed by atoms with van der Waals surface area (Å²) in [6, 6.07) is 9.85. The van der Waals surface area contributed by atoms with Gasteiger partial charge in [0.1, 0.15) is 5.82 Å². The van der Waals surface area contributed by atoms with E-state index < -0.39 is 10.0 Å². The molecule has 1 aliphatic carbocycles. The van der Waals surface area contributed by atoms with Crippen LogP contribution >= 0.6 is 23.2 Å². The van der Waals surface area contributed by atoms with Crippen molar-refractivity contribution in [2.24, 2.45) is 11.8 Å². The molecule has 0 radical (unpaired) electrons. The smallest absolute Gasteiger partial charge is 0.241 e. The summed E-state index contributed by atoms with van der Waals surface area (Å²) in [7, 11) is -3.68. The van der Waals surface area contributed by atoms with Crippen molar-refractivity contribution >= 4 is 44.8 Å². The van der Waals surface area contributed by atoms with E-state index in [0.717, 1.165) is 12.8 Å². The number of anilines is 1. The third kappa shape index (κ3) is 6.07. The zero-order chi connectivity index (χ0) is 21.7. The fourth-order valence-electron chi connectivity index (χ4n) is 3.35. The molecule has 10 heteroatoms. The Morgan fingerprint density at radius 3 is 2.30 bits per heavy atom. The Balaban J connectivity index is 1.44. The molecule has 0 heterocycles. The van der Waals surface area contributed by atoms with Gasteiger partial charge in [-0.25, -0.2) is 17.5 Å². The number of halogens is 3. The van der Waals surface area contributed by atoms with Gasteiger partial charge >= 0.3 is 0 Å². The number of carbonyl (C=O) groups is 1. The van der Waals surface area contributed by atoms with Crippen molar-refractivity contribution in [2.45, 2.75) is 30.6 Å². The van der Waals surface area contributed by atoms with Crippen molar-refractivity contribution in [3.05, 3.63) is 58.3 Å². The third-order valence-corrected chi connectivity index (χ3v) is 7.32. The van der Waals surface area contributed by atoms with Crippen LogP contribution in [0.2, 0.25) is 10.0 Å². The molecule has 3 N–H and O–H groups in total. The molecular weight excluding hydrogens is 452 g/mol. The number of rotatable bonds is 7. The molecule has 1 amide bonds. The zero-order valence-electron chi connectivity index (χ0n) is 16.0. The summed E-state index contributed by atoms with van der Waals surface area (Å²) in [6.07, 6.45) is 2.79. The van der Waals surface area contributed by atoms with E-state index in [1.165, 1.54) is 42.5 Å². The fraction of sp³-hybridized carbons (Fsp3) is 0.350. The molecule has 1 fully saturated rings. The highest BCUT2D eigenvalue weighted by atomic mass is 35.5. The number of benzene rings is 2. The molecule has 6 nitrogen and oxygen atoms in total. The van der Waals surface area contributed by atoms with Gasteiger partial charge in [0.25, 0.3) is 0 Å². The summed E-state index contributed by atoms with van der Waals surface area (Å²) >= 11 is 11.7. The lowest BCUT2D eigenvalue weighted by molar-refractivity contribution is -0.125. The Bertz CT molecular complexity index is 995. The molecule has 3 rings (SSSR count). The maximum Gasteiger partial charge on any atom is 0.241 e. The van der Waals surface area contributed by atoms with Crippen LogP contribution in [0.3, 0.4) is 0 Å². The van der Waals surface area contributed by atoms with Crippen LogP contribution in [0.25, 0.3) is 0 Å². The number of sulfonamides is 1. The quantitative estimate of drug-likeness (QED) is 0.521. The van der Waals surface area contributed by atoms with E-state index in [1.54, 1.807) is 0 Å². The summed E-state index contributed by atoms with van der Waals surface area (Å²) in [4.78, 5) is 12.4. The van der Waals surface area contributed by atoms with E-state index in [2.05, 4.69) is 15.6 Å². The molecule has 0 atom stereocenters. The summed E-state index contributed by atoms with van der Waals surface area (Å²) in [5.41, 5.74) is 6.01. The van der Waals surface area contributed by atoms with E-state index in [-0.39, 0.29) is 33.5 Å². The Labute approximate surface area is 185 Å². The number of hydrazine groups is 1. The molecule has 30 heavy (non-hydrogen) atoms. The molecule has 0 aromatic heterocycles. The van der Waals surface area contributed by atoms with Gasteiger partial charge in [0.15, 0.2) is 0 Å². The molecule has 1 aliphatic rings. The second kappa shape index (κ2) is 9.96. The van der Waals surface area contributed by atoms with Crippen LogP contribution in [0.4, 0.5) is 10.1 Å². The van der Waals surface area contributed by atoms with Gasteiger partial charge in [-0.15, -0.1) is 0 Å². The second-order valence-electron chi connectivity index (χ2n) is 7.27.